The lowest BCUT2D eigenvalue weighted by Gasteiger charge is -2.63. The Morgan fingerprint density at radius 1 is 1.06 bits per heavy atom. The van der Waals surface area contributed by atoms with Crippen molar-refractivity contribution in [1.29, 1.82) is 0 Å². The Morgan fingerprint density at radius 3 is 2.47 bits per heavy atom. The summed E-state index contributed by atoms with van der Waals surface area (Å²) in [6, 6.07) is 0. The van der Waals surface area contributed by atoms with Gasteiger partial charge in [0.1, 0.15) is 24.4 Å². The molecule has 0 radical (unpaired) electrons. The first-order valence-electron chi connectivity index (χ1n) is 12.8. The summed E-state index contributed by atoms with van der Waals surface area (Å²) < 4.78 is 11.1. The van der Waals surface area contributed by atoms with Crippen molar-refractivity contribution in [2.75, 3.05) is 6.61 Å². The summed E-state index contributed by atoms with van der Waals surface area (Å²) in [6.45, 7) is 7.91. The van der Waals surface area contributed by atoms with E-state index in [2.05, 4.69) is 13.5 Å². The molecule has 34 heavy (non-hydrogen) atoms. The Balaban J connectivity index is 1.39. The van der Waals surface area contributed by atoms with Crippen LogP contribution in [0.4, 0.5) is 0 Å². The molecule has 8 nitrogen and oxygen atoms in total. The van der Waals surface area contributed by atoms with Crippen molar-refractivity contribution in [3.8, 4) is 0 Å². The van der Waals surface area contributed by atoms with Crippen LogP contribution in [0.15, 0.2) is 12.2 Å². The average Bonchev–Trinajstić information content (AvgIpc) is 2.96. The zero-order chi connectivity index (χ0) is 24.7. The van der Waals surface area contributed by atoms with E-state index in [-0.39, 0.29) is 16.7 Å². The van der Waals surface area contributed by atoms with Crippen molar-refractivity contribution in [3.63, 3.8) is 0 Å². The largest absolute Gasteiger partial charge is 0.432 e. The maximum atomic E-state index is 13.7. The van der Waals surface area contributed by atoms with Gasteiger partial charge in [0.05, 0.1) is 17.6 Å². The van der Waals surface area contributed by atoms with E-state index in [1.165, 1.54) is 0 Å². The molecule has 8 heteroatoms. The second-order valence-electron chi connectivity index (χ2n) is 12.4. The van der Waals surface area contributed by atoms with Gasteiger partial charge in [-0.3, -0.25) is 4.79 Å². The van der Waals surface area contributed by atoms with Gasteiger partial charge in [0, 0.05) is 0 Å². The first kappa shape index (κ1) is 24.7. The predicted octanol–water partition coefficient (Wildman–Crippen LogP) is 1.41. The zero-order valence-electron chi connectivity index (χ0n) is 20.3. The summed E-state index contributed by atoms with van der Waals surface area (Å²) in [5, 5.41) is 51.1. The second kappa shape index (κ2) is 7.98. The first-order chi connectivity index (χ1) is 15.9. The lowest BCUT2D eigenvalue weighted by molar-refractivity contribution is -0.298. The van der Waals surface area contributed by atoms with Crippen molar-refractivity contribution in [2.24, 2.45) is 28.1 Å². The molecule has 1 spiro atoms. The molecule has 192 valence electrons. The number of hydrogen-bond donors (Lipinski definition) is 5. The molecule has 11 atom stereocenters. The molecule has 2 bridgehead atoms. The highest BCUT2D eigenvalue weighted by Crippen LogP contribution is 2.73. The lowest BCUT2D eigenvalue weighted by Crippen LogP contribution is -2.62. The van der Waals surface area contributed by atoms with E-state index in [0.29, 0.717) is 12.3 Å². The van der Waals surface area contributed by atoms with Crippen molar-refractivity contribution < 1.29 is 39.8 Å². The SMILES string of the molecule is C=C1C[C@@]23CCC4[C@@](C)(CCC[C@@]4(C)C(=O)OC4OC(CO)C(O)C(O)C4O)C2CC[C@]1(O)C3. The maximum Gasteiger partial charge on any atom is 0.314 e. The molecule has 1 heterocycles. The number of carbonyl (C=O) groups excluding carboxylic acids is 1. The summed E-state index contributed by atoms with van der Waals surface area (Å²) in [4.78, 5) is 13.7. The van der Waals surface area contributed by atoms with Crippen LogP contribution in [-0.2, 0) is 14.3 Å². The smallest absolute Gasteiger partial charge is 0.314 e. The van der Waals surface area contributed by atoms with Gasteiger partial charge in [-0.05, 0) is 86.5 Å². The Labute approximate surface area is 201 Å². The van der Waals surface area contributed by atoms with Gasteiger partial charge in [0.25, 0.3) is 0 Å². The fourth-order valence-electron chi connectivity index (χ4n) is 9.00. The summed E-state index contributed by atoms with van der Waals surface area (Å²) in [5.74, 6) is 0.0200. The average molecular weight is 481 g/mol. The Kier molecular flexibility index (Phi) is 5.79. The minimum Gasteiger partial charge on any atom is -0.432 e. The summed E-state index contributed by atoms with van der Waals surface area (Å²) in [6.07, 6.45) is 0.422. The molecule has 4 aliphatic carbocycles. The highest BCUT2D eigenvalue weighted by atomic mass is 16.7. The van der Waals surface area contributed by atoms with Crippen LogP contribution in [0.25, 0.3) is 0 Å². The van der Waals surface area contributed by atoms with Gasteiger partial charge < -0.3 is 35.0 Å². The molecule has 5 N–H and O–H groups in total. The van der Waals surface area contributed by atoms with Gasteiger partial charge in [-0.25, -0.2) is 0 Å². The fraction of sp³-hybridized carbons (Fsp3) is 0.885. The normalized spacial score (nSPS) is 54.8. The summed E-state index contributed by atoms with van der Waals surface area (Å²) in [5.41, 5.74) is -0.575. The number of esters is 1. The zero-order valence-corrected chi connectivity index (χ0v) is 20.3. The molecule has 7 unspecified atom stereocenters. The molecule has 1 saturated heterocycles. The molecule has 1 aliphatic heterocycles. The lowest BCUT2D eigenvalue weighted by atomic mass is 9.41. The topological polar surface area (TPSA) is 137 Å². The van der Waals surface area contributed by atoms with Crippen molar-refractivity contribution in [3.05, 3.63) is 12.2 Å². The quantitative estimate of drug-likeness (QED) is 0.302. The van der Waals surface area contributed by atoms with Crippen LogP contribution in [0.2, 0.25) is 0 Å². The summed E-state index contributed by atoms with van der Waals surface area (Å²) in [7, 11) is 0. The first-order valence-corrected chi connectivity index (χ1v) is 12.8. The predicted molar refractivity (Wildman–Crippen MR) is 121 cm³/mol. The van der Waals surface area contributed by atoms with E-state index in [9.17, 15) is 30.3 Å². The molecule has 5 fully saturated rings. The van der Waals surface area contributed by atoms with Gasteiger partial charge in [0.2, 0.25) is 6.29 Å². The molecule has 5 rings (SSSR count). The number of rotatable bonds is 3. The number of hydrogen-bond acceptors (Lipinski definition) is 8. The third-order valence-corrected chi connectivity index (χ3v) is 10.7. The molecule has 4 saturated carbocycles. The Hall–Kier alpha value is -1.03. The second-order valence-corrected chi connectivity index (χ2v) is 12.4. The van der Waals surface area contributed by atoms with E-state index in [1.54, 1.807) is 0 Å². The highest BCUT2D eigenvalue weighted by Gasteiger charge is 2.68. The van der Waals surface area contributed by atoms with Crippen molar-refractivity contribution in [2.45, 2.75) is 108 Å². The molecule has 0 amide bonds. The van der Waals surface area contributed by atoms with Gasteiger partial charge >= 0.3 is 5.97 Å². The van der Waals surface area contributed by atoms with Gasteiger partial charge in [-0.15, -0.1) is 0 Å². The van der Waals surface area contributed by atoms with Crippen molar-refractivity contribution in [1.82, 2.24) is 0 Å². The van der Waals surface area contributed by atoms with Gasteiger partial charge in [-0.2, -0.15) is 0 Å². The number of carbonyl (C=O) groups is 1. The number of fused-ring (bicyclic) bond motifs is 3. The summed E-state index contributed by atoms with van der Waals surface area (Å²) >= 11 is 0. The minimum absolute atomic E-state index is 0.0504. The van der Waals surface area contributed by atoms with E-state index in [4.69, 9.17) is 9.47 Å². The van der Waals surface area contributed by atoms with Crippen LogP contribution in [0, 0.1) is 28.1 Å². The van der Waals surface area contributed by atoms with Crippen LogP contribution in [-0.4, -0.2) is 74.4 Å². The minimum atomic E-state index is -1.60. The number of ether oxygens (including phenoxy) is 2. The maximum absolute atomic E-state index is 13.7. The monoisotopic (exact) mass is 480 g/mol. The molecule has 5 aliphatic rings. The number of aliphatic hydroxyl groups is 5. The van der Waals surface area contributed by atoms with Crippen LogP contribution < -0.4 is 0 Å². The molecule has 0 aromatic heterocycles. The van der Waals surface area contributed by atoms with Crippen LogP contribution in [0.1, 0.15) is 71.6 Å². The third-order valence-electron chi connectivity index (χ3n) is 10.7. The van der Waals surface area contributed by atoms with Crippen LogP contribution in [0.5, 0.6) is 0 Å². The fourth-order valence-corrected chi connectivity index (χ4v) is 9.00. The van der Waals surface area contributed by atoms with Crippen LogP contribution in [0.3, 0.4) is 0 Å². The molecule has 0 aromatic rings. The van der Waals surface area contributed by atoms with Gasteiger partial charge in [-0.1, -0.05) is 19.9 Å². The van der Waals surface area contributed by atoms with E-state index < -0.39 is 54.3 Å². The Bertz CT molecular complexity index is 860. The Morgan fingerprint density at radius 2 is 1.76 bits per heavy atom. The molecular weight excluding hydrogens is 440 g/mol. The third kappa shape index (κ3) is 3.29. The van der Waals surface area contributed by atoms with E-state index >= 15 is 0 Å². The van der Waals surface area contributed by atoms with E-state index in [0.717, 1.165) is 56.9 Å². The highest BCUT2D eigenvalue weighted by molar-refractivity contribution is 5.77. The van der Waals surface area contributed by atoms with Gasteiger partial charge in [0.15, 0.2) is 0 Å². The molecular formula is C26H40O8. The van der Waals surface area contributed by atoms with Crippen LogP contribution >= 0.6 is 0 Å². The number of aliphatic hydroxyl groups excluding tert-OH is 4. The van der Waals surface area contributed by atoms with Crippen molar-refractivity contribution >= 4 is 5.97 Å². The standard InChI is InChI=1S/C26H40O8/c1-14-11-25-9-5-16-23(2,17(25)6-10-26(14,32)13-25)7-4-8-24(16,3)22(31)34-21-20(30)19(29)18(28)15(12-27)33-21/h15-21,27-30,32H,1,4-13H2,2-3H3/t15?,16?,17?,18?,19?,20?,21?,23-,24-,25-,26+/m1/s1. The molecule has 0 aromatic carbocycles. The van der Waals surface area contributed by atoms with E-state index in [1.807, 2.05) is 6.92 Å².